The van der Waals surface area contributed by atoms with E-state index in [0.29, 0.717) is 5.02 Å². The van der Waals surface area contributed by atoms with Crippen LogP contribution in [0.25, 0.3) is 0 Å². The predicted molar refractivity (Wildman–Crippen MR) is 74.9 cm³/mol. The van der Waals surface area contributed by atoms with E-state index in [1.807, 2.05) is 11.7 Å². The van der Waals surface area contributed by atoms with E-state index in [9.17, 15) is 0 Å². The zero-order valence-electron chi connectivity index (χ0n) is 10.9. The van der Waals surface area contributed by atoms with E-state index < -0.39 is 0 Å². The molecule has 0 aliphatic rings. The van der Waals surface area contributed by atoms with Gasteiger partial charge in [-0.2, -0.15) is 5.10 Å². The molecule has 18 heavy (non-hydrogen) atoms. The molecule has 0 bridgehead atoms. The Kier molecular flexibility index (Phi) is 4.04. The maximum Gasteiger partial charge on any atom is 0.0837 e. The lowest BCUT2D eigenvalue weighted by atomic mass is 10.0. The van der Waals surface area contributed by atoms with Gasteiger partial charge in [-0.15, -0.1) is 0 Å². The molecule has 4 heteroatoms. The van der Waals surface area contributed by atoms with E-state index in [0.717, 1.165) is 12.2 Å². The first-order valence-electron chi connectivity index (χ1n) is 6.10. The molecule has 1 heterocycles. The van der Waals surface area contributed by atoms with E-state index in [1.165, 1.54) is 11.1 Å². The third-order valence-corrected chi connectivity index (χ3v) is 3.29. The molecule has 0 radical (unpaired) electrons. The summed E-state index contributed by atoms with van der Waals surface area (Å²) in [4.78, 5) is 0. The fraction of sp³-hybridized carbons (Fsp3) is 0.357. The Morgan fingerprint density at radius 3 is 2.78 bits per heavy atom. The number of hydrogen-bond acceptors (Lipinski definition) is 2. The molecule has 0 saturated carbocycles. The number of nitrogens with one attached hydrogen (secondary N) is 1. The second-order valence-corrected chi connectivity index (χ2v) is 4.81. The first-order valence-corrected chi connectivity index (χ1v) is 6.48. The smallest absolute Gasteiger partial charge is 0.0837 e. The molecule has 0 aliphatic carbocycles. The van der Waals surface area contributed by atoms with Gasteiger partial charge in [0.15, 0.2) is 0 Å². The molecule has 1 unspecified atom stereocenters. The molecule has 3 nitrogen and oxygen atoms in total. The fourth-order valence-corrected chi connectivity index (χ4v) is 2.45. The van der Waals surface area contributed by atoms with Gasteiger partial charge in [-0.25, -0.2) is 0 Å². The summed E-state index contributed by atoms with van der Waals surface area (Å²) in [5, 5.41) is 8.38. The quantitative estimate of drug-likeness (QED) is 0.919. The molecular formula is C14H18ClN3. The SMILES string of the molecule is CCNC(c1cccc(C)c1)c1c(Cl)cnn1C. The number of aryl methyl sites for hydroxylation is 2. The van der Waals surface area contributed by atoms with E-state index in [2.05, 4.69) is 48.5 Å². The number of rotatable bonds is 4. The van der Waals surface area contributed by atoms with Gasteiger partial charge in [0.1, 0.15) is 0 Å². The first-order chi connectivity index (χ1) is 8.63. The Morgan fingerprint density at radius 1 is 1.44 bits per heavy atom. The van der Waals surface area contributed by atoms with E-state index >= 15 is 0 Å². The minimum Gasteiger partial charge on any atom is -0.305 e. The van der Waals surface area contributed by atoms with Crippen molar-refractivity contribution in [1.29, 1.82) is 0 Å². The van der Waals surface area contributed by atoms with Gasteiger partial charge >= 0.3 is 0 Å². The number of nitrogens with zero attached hydrogens (tertiary/aromatic N) is 2. The molecular weight excluding hydrogens is 246 g/mol. The topological polar surface area (TPSA) is 29.9 Å². The van der Waals surface area contributed by atoms with Gasteiger partial charge in [-0.1, -0.05) is 48.4 Å². The lowest BCUT2D eigenvalue weighted by molar-refractivity contribution is 0.572. The van der Waals surface area contributed by atoms with E-state index in [-0.39, 0.29) is 6.04 Å². The minimum atomic E-state index is 0.0786. The average molecular weight is 264 g/mol. The van der Waals surface area contributed by atoms with Gasteiger partial charge < -0.3 is 5.32 Å². The molecule has 1 aromatic heterocycles. The third-order valence-electron chi connectivity index (χ3n) is 2.99. The molecule has 0 amide bonds. The Balaban J connectivity index is 2.46. The summed E-state index contributed by atoms with van der Waals surface area (Å²) in [5.41, 5.74) is 3.46. The van der Waals surface area contributed by atoms with Crippen LogP contribution in [0.2, 0.25) is 5.02 Å². The van der Waals surface area contributed by atoms with Crippen LogP contribution in [0.3, 0.4) is 0 Å². The minimum absolute atomic E-state index is 0.0786. The van der Waals surface area contributed by atoms with E-state index in [4.69, 9.17) is 11.6 Å². The molecule has 2 aromatic rings. The monoisotopic (exact) mass is 263 g/mol. The third kappa shape index (κ3) is 2.57. The lowest BCUT2D eigenvalue weighted by Crippen LogP contribution is -2.24. The molecule has 1 atom stereocenters. The summed E-state index contributed by atoms with van der Waals surface area (Å²) in [7, 11) is 1.92. The van der Waals surface area contributed by atoms with Crippen molar-refractivity contribution in [2.75, 3.05) is 6.54 Å². The molecule has 0 aliphatic heterocycles. The second kappa shape index (κ2) is 5.55. The number of halogens is 1. The van der Waals surface area contributed by atoms with Crippen molar-refractivity contribution in [1.82, 2.24) is 15.1 Å². The molecule has 1 aromatic carbocycles. The summed E-state index contributed by atoms with van der Waals surface area (Å²) in [6.07, 6.45) is 1.69. The molecule has 96 valence electrons. The average Bonchev–Trinajstić information content (AvgIpc) is 2.67. The zero-order valence-corrected chi connectivity index (χ0v) is 11.7. The normalized spacial score (nSPS) is 12.7. The van der Waals surface area contributed by atoms with Crippen LogP contribution in [0.4, 0.5) is 0 Å². The second-order valence-electron chi connectivity index (χ2n) is 4.41. The van der Waals surface area contributed by atoms with Gasteiger partial charge in [0, 0.05) is 7.05 Å². The Morgan fingerprint density at radius 2 is 2.22 bits per heavy atom. The molecule has 0 spiro atoms. The van der Waals surface area contributed by atoms with Crippen LogP contribution in [0.1, 0.15) is 29.8 Å². The van der Waals surface area contributed by atoms with Gasteiger partial charge in [0.25, 0.3) is 0 Å². The summed E-state index contributed by atoms with van der Waals surface area (Å²) in [6, 6.07) is 8.53. The standard InChI is InChI=1S/C14H18ClN3/c1-4-16-13(11-7-5-6-10(2)8-11)14-12(15)9-17-18(14)3/h5-9,13,16H,4H2,1-3H3. The summed E-state index contributed by atoms with van der Waals surface area (Å²) >= 11 is 6.24. The fourth-order valence-electron chi connectivity index (χ4n) is 2.17. The van der Waals surface area contributed by atoms with Crippen LogP contribution in [-0.2, 0) is 7.05 Å². The Hall–Kier alpha value is -1.32. The maximum atomic E-state index is 6.24. The lowest BCUT2D eigenvalue weighted by Gasteiger charge is -2.19. The van der Waals surface area contributed by atoms with Crippen LogP contribution < -0.4 is 5.32 Å². The van der Waals surface area contributed by atoms with Gasteiger partial charge in [0.2, 0.25) is 0 Å². The summed E-state index contributed by atoms with van der Waals surface area (Å²) in [6.45, 7) is 5.06. The highest BCUT2D eigenvalue weighted by Gasteiger charge is 2.20. The van der Waals surface area contributed by atoms with Crippen molar-refractivity contribution >= 4 is 11.6 Å². The van der Waals surface area contributed by atoms with Gasteiger partial charge in [0.05, 0.1) is 23.0 Å². The predicted octanol–water partition coefficient (Wildman–Crippen LogP) is 3.08. The van der Waals surface area contributed by atoms with Crippen molar-refractivity contribution < 1.29 is 0 Å². The highest BCUT2D eigenvalue weighted by atomic mass is 35.5. The highest BCUT2D eigenvalue weighted by Crippen LogP contribution is 2.28. The number of aromatic nitrogens is 2. The largest absolute Gasteiger partial charge is 0.305 e. The van der Waals surface area contributed by atoms with Gasteiger partial charge in [-0.05, 0) is 19.0 Å². The van der Waals surface area contributed by atoms with Crippen molar-refractivity contribution in [2.45, 2.75) is 19.9 Å². The maximum absolute atomic E-state index is 6.24. The molecule has 1 N–H and O–H groups in total. The highest BCUT2D eigenvalue weighted by molar-refractivity contribution is 6.31. The van der Waals surface area contributed by atoms with Crippen LogP contribution >= 0.6 is 11.6 Å². The Labute approximate surface area is 113 Å². The van der Waals surface area contributed by atoms with Crippen LogP contribution in [-0.4, -0.2) is 16.3 Å². The van der Waals surface area contributed by atoms with Crippen molar-refractivity contribution in [3.05, 3.63) is 52.3 Å². The van der Waals surface area contributed by atoms with Crippen LogP contribution in [0.5, 0.6) is 0 Å². The molecule has 2 rings (SSSR count). The van der Waals surface area contributed by atoms with Crippen LogP contribution in [0, 0.1) is 6.92 Å². The molecule has 0 fully saturated rings. The van der Waals surface area contributed by atoms with E-state index in [1.54, 1.807) is 6.20 Å². The van der Waals surface area contributed by atoms with Gasteiger partial charge in [-0.3, -0.25) is 4.68 Å². The van der Waals surface area contributed by atoms with Crippen molar-refractivity contribution in [3.63, 3.8) is 0 Å². The van der Waals surface area contributed by atoms with Crippen molar-refractivity contribution in [3.8, 4) is 0 Å². The number of benzene rings is 1. The summed E-state index contributed by atoms with van der Waals surface area (Å²) < 4.78 is 1.83. The number of hydrogen-bond donors (Lipinski definition) is 1. The molecule has 0 saturated heterocycles. The Bertz CT molecular complexity index is 514. The zero-order chi connectivity index (χ0) is 13.1. The van der Waals surface area contributed by atoms with Crippen LogP contribution in [0.15, 0.2) is 30.5 Å². The van der Waals surface area contributed by atoms with Crippen molar-refractivity contribution in [2.24, 2.45) is 7.05 Å². The first kappa shape index (κ1) is 13.1. The summed E-state index contributed by atoms with van der Waals surface area (Å²) in [5.74, 6) is 0.